The first kappa shape index (κ1) is 14.9. The molecule has 4 heteroatoms. The third-order valence-electron chi connectivity index (χ3n) is 4.15. The van der Waals surface area contributed by atoms with Crippen LogP contribution in [-0.2, 0) is 0 Å². The number of aliphatic hydroxyl groups excluding tert-OH is 1. The zero-order chi connectivity index (χ0) is 14.7. The Labute approximate surface area is 120 Å². The molecule has 0 aliphatic heterocycles. The molecular weight excluding hydrogens is 254 g/mol. The predicted octanol–water partition coefficient (Wildman–Crippen LogP) is 2.38. The maximum Gasteiger partial charge on any atom is 0.253 e. The first-order valence-electron chi connectivity index (χ1n) is 7.14. The molecule has 1 aromatic carbocycles. The lowest BCUT2D eigenvalue weighted by Gasteiger charge is -2.35. The molecule has 2 atom stereocenters. The number of hydrogen-bond acceptors (Lipinski definition) is 3. The first-order chi connectivity index (χ1) is 9.54. The van der Waals surface area contributed by atoms with Crippen LogP contribution < -0.4 is 4.74 Å². The van der Waals surface area contributed by atoms with E-state index in [-0.39, 0.29) is 11.9 Å². The minimum atomic E-state index is -0.406. The molecule has 0 spiro atoms. The molecule has 0 unspecified atom stereocenters. The van der Waals surface area contributed by atoms with E-state index in [0.29, 0.717) is 5.56 Å². The number of hydrogen-bond donors (Lipinski definition) is 1. The molecule has 2 rings (SSSR count). The number of amides is 1. The van der Waals surface area contributed by atoms with Gasteiger partial charge in [0, 0.05) is 12.6 Å². The number of nitrogens with zero attached hydrogens (tertiary/aromatic N) is 1. The zero-order valence-corrected chi connectivity index (χ0v) is 12.4. The highest BCUT2D eigenvalue weighted by Crippen LogP contribution is 2.25. The summed E-state index contributed by atoms with van der Waals surface area (Å²) in [4.78, 5) is 14.2. The smallest absolute Gasteiger partial charge is 0.253 e. The molecule has 20 heavy (non-hydrogen) atoms. The Morgan fingerprint density at radius 2 is 2.05 bits per heavy atom. The van der Waals surface area contributed by atoms with Crippen LogP contribution in [0.3, 0.4) is 0 Å². The minimum Gasteiger partial charge on any atom is -0.496 e. The summed E-state index contributed by atoms with van der Waals surface area (Å²) in [6.45, 7) is 1.92. The summed E-state index contributed by atoms with van der Waals surface area (Å²) in [7, 11) is 3.40. The van der Waals surface area contributed by atoms with E-state index in [1.165, 1.54) is 0 Å². The van der Waals surface area contributed by atoms with Crippen LogP contribution in [0.1, 0.15) is 41.6 Å². The van der Waals surface area contributed by atoms with Gasteiger partial charge in [0.2, 0.25) is 0 Å². The number of methoxy groups -OCH3 is 1. The van der Waals surface area contributed by atoms with Crippen molar-refractivity contribution < 1.29 is 14.6 Å². The second kappa shape index (κ2) is 6.27. The standard InChI is InChI=1S/C16H23NO3/c1-11-10-12(8-9-15(11)20-3)16(19)17(2)13-6-4-5-7-14(13)18/h8-10,13-14,18H,4-7H2,1-3H3/t13-,14+/m1/s1. The van der Waals surface area contributed by atoms with Crippen molar-refractivity contribution in [2.75, 3.05) is 14.2 Å². The van der Waals surface area contributed by atoms with Crippen LogP contribution in [0.4, 0.5) is 0 Å². The van der Waals surface area contributed by atoms with Crippen molar-refractivity contribution >= 4 is 5.91 Å². The molecule has 0 aromatic heterocycles. The van der Waals surface area contributed by atoms with Crippen molar-refractivity contribution in [3.63, 3.8) is 0 Å². The Morgan fingerprint density at radius 3 is 2.65 bits per heavy atom. The Hall–Kier alpha value is -1.55. The molecule has 1 amide bonds. The molecule has 4 nitrogen and oxygen atoms in total. The topological polar surface area (TPSA) is 49.8 Å². The molecule has 0 bridgehead atoms. The number of carbonyl (C=O) groups excluding carboxylic acids is 1. The lowest BCUT2D eigenvalue weighted by molar-refractivity contribution is 0.0268. The minimum absolute atomic E-state index is 0.0401. The van der Waals surface area contributed by atoms with E-state index in [1.54, 1.807) is 25.1 Å². The van der Waals surface area contributed by atoms with Crippen molar-refractivity contribution in [1.29, 1.82) is 0 Å². The van der Waals surface area contributed by atoms with Gasteiger partial charge in [-0.2, -0.15) is 0 Å². The second-order valence-electron chi connectivity index (χ2n) is 5.52. The van der Waals surface area contributed by atoms with Crippen LogP contribution in [0.25, 0.3) is 0 Å². The van der Waals surface area contributed by atoms with Crippen molar-refractivity contribution in [2.24, 2.45) is 0 Å². The molecule has 1 fully saturated rings. The molecule has 0 heterocycles. The molecule has 110 valence electrons. The number of aliphatic hydroxyl groups is 1. The van der Waals surface area contributed by atoms with E-state index in [1.807, 2.05) is 19.1 Å². The van der Waals surface area contributed by atoms with E-state index in [0.717, 1.165) is 37.0 Å². The Bertz CT molecular complexity index is 487. The lowest BCUT2D eigenvalue weighted by atomic mass is 9.91. The van der Waals surface area contributed by atoms with Gasteiger partial charge in [-0.25, -0.2) is 0 Å². The number of carbonyl (C=O) groups is 1. The number of aryl methyl sites for hydroxylation is 1. The van der Waals surface area contributed by atoms with Crippen LogP contribution >= 0.6 is 0 Å². The summed E-state index contributed by atoms with van der Waals surface area (Å²) in [5.41, 5.74) is 1.58. The van der Waals surface area contributed by atoms with Crippen LogP contribution in [0.5, 0.6) is 5.75 Å². The van der Waals surface area contributed by atoms with Crippen molar-refractivity contribution in [1.82, 2.24) is 4.90 Å². The van der Waals surface area contributed by atoms with E-state index < -0.39 is 6.10 Å². The summed E-state index contributed by atoms with van der Waals surface area (Å²) in [5, 5.41) is 10.1. The number of ether oxygens (including phenoxy) is 1. The van der Waals surface area contributed by atoms with Crippen molar-refractivity contribution in [3.8, 4) is 5.75 Å². The normalized spacial score (nSPS) is 22.4. The molecule has 1 aromatic rings. The van der Waals surface area contributed by atoms with E-state index in [2.05, 4.69) is 0 Å². The fraction of sp³-hybridized carbons (Fsp3) is 0.562. The summed E-state index contributed by atoms with van der Waals surface area (Å²) in [6.07, 6.45) is 3.36. The SMILES string of the molecule is COc1ccc(C(=O)N(C)[C@@H]2CCCC[C@@H]2O)cc1C. The molecule has 0 radical (unpaired) electrons. The highest BCUT2D eigenvalue weighted by molar-refractivity contribution is 5.94. The molecule has 1 aliphatic carbocycles. The molecule has 1 N–H and O–H groups in total. The van der Waals surface area contributed by atoms with Gasteiger partial charge in [0.15, 0.2) is 0 Å². The largest absolute Gasteiger partial charge is 0.496 e. The van der Waals surface area contributed by atoms with Crippen LogP contribution in [0, 0.1) is 6.92 Å². The summed E-state index contributed by atoms with van der Waals surface area (Å²) >= 11 is 0. The quantitative estimate of drug-likeness (QED) is 0.923. The van der Waals surface area contributed by atoms with Gasteiger partial charge in [-0.15, -0.1) is 0 Å². The van der Waals surface area contributed by atoms with Crippen LogP contribution in [-0.4, -0.2) is 42.2 Å². The third kappa shape index (κ3) is 2.96. The van der Waals surface area contributed by atoms with E-state index >= 15 is 0 Å². The van der Waals surface area contributed by atoms with Crippen LogP contribution in [0.15, 0.2) is 18.2 Å². The van der Waals surface area contributed by atoms with Gasteiger partial charge in [0.25, 0.3) is 5.91 Å². The number of benzene rings is 1. The van der Waals surface area contributed by atoms with Gasteiger partial charge < -0.3 is 14.7 Å². The molecule has 1 aliphatic rings. The van der Waals surface area contributed by atoms with Gasteiger partial charge in [0.1, 0.15) is 5.75 Å². The Morgan fingerprint density at radius 1 is 1.35 bits per heavy atom. The zero-order valence-electron chi connectivity index (χ0n) is 12.4. The van der Waals surface area contributed by atoms with Crippen LogP contribution in [0.2, 0.25) is 0 Å². The molecule has 0 saturated heterocycles. The van der Waals surface area contributed by atoms with Gasteiger partial charge in [-0.05, 0) is 43.5 Å². The summed E-state index contributed by atoms with van der Waals surface area (Å²) in [5.74, 6) is 0.739. The third-order valence-corrected chi connectivity index (χ3v) is 4.15. The highest BCUT2D eigenvalue weighted by atomic mass is 16.5. The summed E-state index contributed by atoms with van der Waals surface area (Å²) < 4.78 is 5.21. The van der Waals surface area contributed by atoms with Crippen molar-refractivity contribution in [2.45, 2.75) is 44.8 Å². The monoisotopic (exact) mass is 277 g/mol. The Kier molecular flexibility index (Phi) is 4.65. The number of rotatable bonds is 3. The van der Waals surface area contributed by atoms with Crippen molar-refractivity contribution in [3.05, 3.63) is 29.3 Å². The average molecular weight is 277 g/mol. The first-order valence-corrected chi connectivity index (χ1v) is 7.14. The van der Waals surface area contributed by atoms with Gasteiger partial charge in [0.05, 0.1) is 19.3 Å². The van der Waals surface area contributed by atoms with E-state index in [4.69, 9.17) is 4.74 Å². The highest BCUT2D eigenvalue weighted by Gasteiger charge is 2.29. The summed E-state index contributed by atoms with van der Waals surface area (Å²) in [6, 6.07) is 5.36. The van der Waals surface area contributed by atoms with Gasteiger partial charge in [-0.3, -0.25) is 4.79 Å². The van der Waals surface area contributed by atoms with E-state index in [9.17, 15) is 9.90 Å². The fourth-order valence-corrected chi connectivity index (χ4v) is 2.91. The Balaban J connectivity index is 2.15. The average Bonchev–Trinajstić information content (AvgIpc) is 2.46. The lowest BCUT2D eigenvalue weighted by Crippen LogP contribution is -2.46. The molecular formula is C16H23NO3. The maximum absolute atomic E-state index is 12.5. The van der Waals surface area contributed by atoms with Gasteiger partial charge >= 0.3 is 0 Å². The fourth-order valence-electron chi connectivity index (χ4n) is 2.91. The maximum atomic E-state index is 12.5. The molecule has 1 saturated carbocycles. The predicted molar refractivity (Wildman–Crippen MR) is 78.1 cm³/mol. The second-order valence-corrected chi connectivity index (χ2v) is 5.52. The number of likely N-dealkylation sites (N-methyl/N-ethyl adjacent to an activating group) is 1. The van der Waals surface area contributed by atoms with Gasteiger partial charge in [-0.1, -0.05) is 12.8 Å².